The molecule has 0 radical (unpaired) electrons. The molecule has 4 nitrogen and oxygen atoms in total. The molecule has 5 heteroatoms. The maximum atomic E-state index is 13.6. The number of nitrogens with zero attached hydrogens (tertiary/aromatic N) is 1. The van der Waals surface area contributed by atoms with Crippen LogP contribution in [0.4, 0.5) is 4.39 Å². The van der Waals surface area contributed by atoms with Gasteiger partial charge in [-0.15, -0.1) is 0 Å². The number of rotatable bonds is 3. The molecule has 1 aromatic rings. The van der Waals surface area contributed by atoms with E-state index in [0.29, 0.717) is 25.1 Å². The number of carbonyl (C=O) groups excluding carboxylic acids is 1. The number of aldehydes is 1. The van der Waals surface area contributed by atoms with Gasteiger partial charge in [0.25, 0.3) is 0 Å². The monoisotopic (exact) mass is 248 g/mol. The van der Waals surface area contributed by atoms with Gasteiger partial charge in [0.15, 0.2) is 6.29 Å². The predicted molar refractivity (Wildman–Crippen MR) is 66.7 cm³/mol. The molecule has 2 N–H and O–H groups in total. The van der Waals surface area contributed by atoms with Gasteiger partial charge >= 0.3 is 0 Å². The lowest BCUT2D eigenvalue weighted by Gasteiger charge is -2.14. The van der Waals surface area contributed by atoms with Crippen LogP contribution in [0, 0.1) is 5.82 Å². The SMILES string of the molecule is N/C(=C(/C=O)C1=NCCOC1)c1ccccc1F. The zero-order valence-electron chi connectivity index (χ0n) is 9.73. The lowest BCUT2D eigenvalue weighted by Crippen LogP contribution is -2.23. The first-order valence-electron chi connectivity index (χ1n) is 5.55. The van der Waals surface area contributed by atoms with Crippen molar-refractivity contribution in [1.82, 2.24) is 0 Å². The van der Waals surface area contributed by atoms with Crippen molar-refractivity contribution in [2.45, 2.75) is 0 Å². The third kappa shape index (κ3) is 2.46. The molecule has 0 aromatic heterocycles. The summed E-state index contributed by atoms with van der Waals surface area (Å²) in [5.74, 6) is -0.466. The fourth-order valence-corrected chi connectivity index (χ4v) is 1.73. The first kappa shape index (κ1) is 12.4. The van der Waals surface area contributed by atoms with E-state index < -0.39 is 5.82 Å². The van der Waals surface area contributed by atoms with Crippen molar-refractivity contribution in [2.75, 3.05) is 19.8 Å². The Bertz CT molecular complexity index is 523. The minimum atomic E-state index is -0.466. The molecule has 1 aliphatic heterocycles. The number of benzene rings is 1. The van der Waals surface area contributed by atoms with E-state index in [4.69, 9.17) is 10.5 Å². The summed E-state index contributed by atoms with van der Waals surface area (Å²) < 4.78 is 18.8. The minimum Gasteiger partial charge on any atom is -0.398 e. The number of ether oxygens (including phenoxy) is 1. The maximum Gasteiger partial charge on any atom is 0.154 e. The molecule has 0 saturated heterocycles. The van der Waals surface area contributed by atoms with Crippen molar-refractivity contribution in [3.05, 3.63) is 41.2 Å². The van der Waals surface area contributed by atoms with Gasteiger partial charge in [-0.2, -0.15) is 0 Å². The molecule has 1 heterocycles. The Morgan fingerprint density at radius 1 is 1.44 bits per heavy atom. The molecule has 0 aliphatic carbocycles. The molecule has 1 aromatic carbocycles. The van der Waals surface area contributed by atoms with Crippen molar-refractivity contribution in [3.8, 4) is 0 Å². The number of halogens is 1. The number of hydrogen-bond acceptors (Lipinski definition) is 4. The molecule has 0 fully saturated rings. The Balaban J connectivity index is 2.46. The standard InChI is InChI=1S/C13H13FN2O2/c14-11-4-2-1-3-9(11)13(15)10(7-17)12-8-18-6-5-16-12/h1-4,7H,5-6,8,15H2/b13-10-. The van der Waals surface area contributed by atoms with Crippen molar-refractivity contribution >= 4 is 17.7 Å². The third-order valence-corrected chi connectivity index (χ3v) is 2.66. The van der Waals surface area contributed by atoms with Crippen LogP contribution in [0.2, 0.25) is 0 Å². The van der Waals surface area contributed by atoms with Crippen LogP contribution in [0.1, 0.15) is 5.56 Å². The zero-order valence-corrected chi connectivity index (χ0v) is 9.73. The van der Waals surface area contributed by atoms with Crippen molar-refractivity contribution in [3.63, 3.8) is 0 Å². The summed E-state index contributed by atoms with van der Waals surface area (Å²) in [6.45, 7) is 1.23. The zero-order chi connectivity index (χ0) is 13.0. The number of aliphatic imine (C=N–C) groups is 1. The predicted octanol–water partition coefficient (Wildman–Crippen LogP) is 1.17. The summed E-state index contributed by atoms with van der Waals surface area (Å²) in [6.07, 6.45) is 0.593. The van der Waals surface area contributed by atoms with Gasteiger partial charge in [-0.1, -0.05) is 12.1 Å². The summed E-state index contributed by atoms with van der Waals surface area (Å²) in [4.78, 5) is 15.3. The van der Waals surface area contributed by atoms with Crippen LogP contribution >= 0.6 is 0 Å². The van der Waals surface area contributed by atoms with E-state index in [-0.39, 0.29) is 23.4 Å². The van der Waals surface area contributed by atoms with E-state index in [2.05, 4.69) is 4.99 Å². The summed E-state index contributed by atoms with van der Waals surface area (Å²) >= 11 is 0. The summed E-state index contributed by atoms with van der Waals surface area (Å²) in [7, 11) is 0. The van der Waals surface area contributed by atoms with E-state index in [9.17, 15) is 9.18 Å². The first-order chi connectivity index (χ1) is 8.74. The second-order valence-corrected chi connectivity index (χ2v) is 3.81. The fraction of sp³-hybridized carbons (Fsp3) is 0.231. The Labute approximate surface area is 104 Å². The highest BCUT2D eigenvalue weighted by atomic mass is 19.1. The Kier molecular flexibility index (Phi) is 3.84. The second kappa shape index (κ2) is 5.55. The van der Waals surface area contributed by atoms with Gasteiger partial charge in [0, 0.05) is 5.56 Å². The molecule has 0 spiro atoms. The third-order valence-electron chi connectivity index (χ3n) is 2.66. The van der Waals surface area contributed by atoms with Crippen LogP contribution in [0.3, 0.4) is 0 Å². The van der Waals surface area contributed by atoms with Crippen molar-refractivity contribution in [2.24, 2.45) is 10.7 Å². The molecular formula is C13H13FN2O2. The molecule has 0 saturated carbocycles. The molecule has 0 atom stereocenters. The van der Waals surface area contributed by atoms with E-state index in [0.717, 1.165) is 0 Å². The molecule has 2 rings (SSSR count). The summed E-state index contributed by atoms with van der Waals surface area (Å²) in [5.41, 5.74) is 6.81. The molecule has 18 heavy (non-hydrogen) atoms. The van der Waals surface area contributed by atoms with Crippen LogP contribution in [0.25, 0.3) is 5.70 Å². The van der Waals surface area contributed by atoms with Gasteiger partial charge in [-0.3, -0.25) is 9.79 Å². The van der Waals surface area contributed by atoms with Gasteiger partial charge in [0.05, 0.1) is 36.7 Å². The lowest BCUT2D eigenvalue weighted by molar-refractivity contribution is -0.104. The summed E-state index contributed by atoms with van der Waals surface area (Å²) in [5, 5.41) is 0. The molecule has 0 bridgehead atoms. The van der Waals surface area contributed by atoms with Crippen LogP contribution in [-0.2, 0) is 9.53 Å². The quantitative estimate of drug-likeness (QED) is 0.645. The highest BCUT2D eigenvalue weighted by Crippen LogP contribution is 2.18. The molecule has 0 unspecified atom stereocenters. The number of carbonyl (C=O) groups is 1. The average Bonchev–Trinajstić information content (AvgIpc) is 2.41. The van der Waals surface area contributed by atoms with Gasteiger partial charge in [0.2, 0.25) is 0 Å². The lowest BCUT2D eigenvalue weighted by atomic mass is 10.0. The van der Waals surface area contributed by atoms with Crippen LogP contribution in [0.5, 0.6) is 0 Å². The number of nitrogens with two attached hydrogens (primary N) is 1. The first-order valence-corrected chi connectivity index (χ1v) is 5.55. The van der Waals surface area contributed by atoms with Crippen LogP contribution in [-0.4, -0.2) is 31.8 Å². The van der Waals surface area contributed by atoms with Crippen LogP contribution in [0.15, 0.2) is 34.8 Å². The molecule has 94 valence electrons. The normalized spacial score (nSPS) is 16.8. The largest absolute Gasteiger partial charge is 0.398 e. The Morgan fingerprint density at radius 2 is 2.22 bits per heavy atom. The smallest absolute Gasteiger partial charge is 0.154 e. The van der Waals surface area contributed by atoms with Gasteiger partial charge in [-0.05, 0) is 12.1 Å². The highest BCUT2D eigenvalue weighted by Gasteiger charge is 2.16. The van der Waals surface area contributed by atoms with Crippen molar-refractivity contribution in [1.29, 1.82) is 0 Å². The maximum absolute atomic E-state index is 13.6. The molecular weight excluding hydrogens is 235 g/mol. The van der Waals surface area contributed by atoms with E-state index in [1.165, 1.54) is 12.1 Å². The van der Waals surface area contributed by atoms with Gasteiger partial charge < -0.3 is 10.5 Å². The highest BCUT2D eigenvalue weighted by molar-refractivity contribution is 6.20. The van der Waals surface area contributed by atoms with E-state index >= 15 is 0 Å². The topological polar surface area (TPSA) is 64.7 Å². The van der Waals surface area contributed by atoms with Crippen LogP contribution < -0.4 is 5.73 Å². The number of hydrogen-bond donors (Lipinski definition) is 1. The summed E-state index contributed by atoms with van der Waals surface area (Å²) in [6, 6.07) is 6.04. The average molecular weight is 248 g/mol. The Morgan fingerprint density at radius 3 is 2.83 bits per heavy atom. The molecule has 0 amide bonds. The molecule has 1 aliphatic rings. The second-order valence-electron chi connectivity index (χ2n) is 3.81. The minimum absolute atomic E-state index is 0.0901. The van der Waals surface area contributed by atoms with Gasteiger partial charge in [0.1, 0.15) is 5.82 Å². The van der Waals surface area contributed by atoms with E-state index in [1.807, 2.05) is 0 Å². The van der Waals surface area contributed by atoms with E-state index in [1.54, 1.807) is 12.1 Å². The van der Waals surface area contributed by atoms with Gasteiger partial charge in [-0.25, -0.2) is 4.39 Å². The van der Waals surface area contributed by atoms with Crippen molar-refractivity contribution < 1.29 is 13.9 Å². The Hall–Kier alpha value is -2.01. The fourth-order valence-electron chi connectivity index (χ4n) is 1.73.